The fourth-order valence-electron chi connectivity index (χ4n) is 3.70. The number of hydrogen-bond acceptors (Lipinski definition) is 6. The van der Waals surface area contributed by atoms with E-state index >= 15 is 0 Å². The van der Waals surface area contributed by atoms with Gasteiger partial charge in [0.25, 0.3) is 5.69 Å². The zero-order valence-corrected chi connectivity index (χ0v) is 16.9. The van der Waals surface area contributed by atoms with E-state index in [1.54, 1.807) is 0 Å². The number of rotatable bonds is 8. The lowest BCUT2D eigenvalue weighted by molar-refractivity contribution is -0.387. The van der Waals surface area contributed by atoms with Gasteiger partial charge in [0.15, 0.2) is 4.90 Å². The summed E-state index contributed by atoms with van der Waals surface area (Å²) in [6, 6.07) is 14.5. The van der Waals surface area contributed by atoms with Gasteiger partial charge in [-0.3, -0.25) is 10.1 Å². The molecule has 0 bridgehead atoms. The predicted octanol–water partition coefficient (Wildman–Crippen LogP) is 2.24. The van der Waals surface area contributed by atoms with Crippen LogP contribution in [0.4, 0.5) is 5.69 Å². The molecule has 1 fully saturated rings. The minimum atomic E-state index is -4.08. The number of nitro groups is 1. The Morgan fingerprint density at radius 2 is 1.69 bits per heavy atom. The van der Waals surface area contributed by atoms with Crippen LogP contribution < -0.4 is 0 Å². The van der Waals surface area contributed by atoms with Gasteiger partial charge in [0.1, 0.15) is 0 Å². The molecule has 2 aromatic rings. The van der Waals surface area contributed by atoms with Gasteiger partial charge >= 0.3 is 0 Å². The number of aliphatic hydroxyl groups is 1. The minimum Gasteiger partial charge on any atom is -0.395 e. The molecule has 0 spiro atoms. The van der Waals surface area contributed by atoms with Gasteiger partial charge in [-0.15, -0.1) is 0 Å². The average Bonchev–Trinajstić information content (AvgIpc) is 2.73. The third-order valence-electron chi connectivity index (χ3n) is 5.21. The van der Waals surface area contributed by atoms with Crippen LogP contribution in [0.2, 0.25) is 0 Å². The number of hydrogen-bond donors (Lipinski definition) is 1. The topological polar surface area (TPSA) is 104 Å². The van der Waals surface area contributed by atoms with E-state index in [1.165, 1.54) is 28.6 Å². The van der Waals surface area contributed by atoms with Crippen molar-refractivity contribution in [2.75, 3.05) is 26.2 Å². The van der Waals surface area contributed by atoms with Gasteiger partial charge in [-0.2, -0.15) is 4.31 Å². The Morgan fingerprint density at radius 3 is 2.31 bits per heavy atom. The number of nitrogens with zero attached hydrogens (tertiary/aromatic N) is 3. The zero-order chi connectivity index (χ0) is 20.9. The lowest BCUT2D eigenvalue weighted by Crippen LogP contribution is -2.47. The SMILES string of the molecule is O=[N+]([O-])c1ccccc1S(=O)(=O)N(Cc1ccccc1)C1CCN(CCO)CC1. The molecule has 0 unspecified atom stereocenters. The molecule has 1 heterocycles. The normalized spacial score (nSPS) is 16.2. The van der Waals surface area contributed by atoms with E-state index in [0.717, 1.165) is 5.56 Å². The molecule has 9 heteroatoms. The quantitative estimate of drug-likeness (QED) is 0.520. The van der Waals surface area contributed by atoms with Crippen molar-refractivity contribution >= 4 is 15.7 Å². The van der Waals surface area contributed by atoms with Gasteiger partial charge < -0.3 is 10.0 Å². The second-order valence-electron chi connectivity index (χ2n) is 7.06. The Kier molecular flexibility index (Phi) is 6.96. The van der Waals surface area contributed by atoms with Crippen molar-refractivity contribution in [1.29, 1.82) is 0 Å². The third-order valence-corrected chi connectivity index (χ3v) is 7.16. The van der Waals surface area contributed by atoms with Crippen LogP contribution in [0.15, 0.2) is 59.5 Å². The Hall–Kier alpha value is -2.33. The summed E-state index contributed by atoms with van der Waals surface area (Å²) in [5.74, 6) is 0. The number of para-hydroxylation sites is 1. The maximum Gasteiger partial charge on any atom is 0.289 e. The second-order valence-corrected chi connectivity index (χ2v) is 8.92. The van der Waals surface area contributed by atoms with E-state index in [1.807, 2.05) is 30.3 Å². The molecule has 1 saturated heterocycles. The first-order chi connectivity index (χ1) is 13.9. The van der Waals surface area contributed by atoms with E-state index in [2.05, 4.69) is 4.90 Å². The molecule has 0 atom stereocenters. The number of piperidine rings is 1. The molecular weight excluding hydrogens is 394 g/mol. The standard InChI is InChI=1S/C20H25N3O5S/c24-15-14-21-12-10-18(11-13-21)22(16-17-6-2-1-3-7-17)29(27,28)20-9-5-4-8-19(20)23(25)26/h1-9,18,24H,10-16H2. The molecule has 0 amide bonds. The monoisotopic (exact) mass is 419 g/mol. The molecule has 0 aromatic heterocycles. The summed E-state index contributed by atoms with van der Waals surface area (Å²) in [6.07, 6.45) is 1.21. The summed E-state index contributed by atoms with van der Waals surface area (Å²) < 4.78 is 28.5. The van der Waals surface area contributed by atoms with Crippen molar-refractivity contribution in [3.63, 3.8) is 0 Å². The highest BCUT2D eigenvalue weighted by atomic mass is 32.2. The first-order valence-corrected chi connectivity index (χ1v) is 11.0. The van der Waals surface area contributed by atoms with Crippen LogP contribution in [-0.4, -0.2) is 59.9 Å². The highest BCUT2D eigenvalue weighted by Gasteiger charge is 2.37. The molecule has 2 aromatic carbocycles. The minimum absolute atomic E-state index is 0.0624. The van der Waals surface area contributed by atoms with Crippen molar-refractivity contribution in [3.8, 4) is 0 Å². The van der Waals surface area contributed by atoms with Crippen LogP contribution in [0, 0.1) is 10.1 Å². The second kappa shape index (κ2) is 9.45. The molecule has 1 aliphatic rings. The lowest BCUT2D eigenvalue weighted by Gasteiger charge is -2.37. The van der Waals surface area contributed by atoms with Crippen LogP contribution in [0.3, 0.4) is 0 Å². The Labute approximate surface area is 170 Å². The van der Waals surface area contributed by atoms with Crippen molar-refractivity contribution in [1.82, 2.24) is 9.21 Å². The molecule has 1 N–H and O–H groups in total. The number of sulfonamides is 1. The summed E-state index contributed by atoms with van der Waals surface area (Å²) in [4.78, 5) is 12.6. The molecule has 0 radical (unpaired) electrons. The van der Waals surface area contributed by atoms with E-state index in [-0.39, 0.29) is 24.1 Å². The number of aliphatic hydroxyl groups excluding tert-OH is 1. The fourth-order valence-corrected chi connectivity index (χ4v) is 5.53. The van der Waals surface area contributed by atoms with Crippen LogP contribution in [0.5, 0.6) is 0 Å². The molecule has 3 rings (SSSR count). The van der Waals surface area contributed by atoms with Crippen LogP contribution >= 0.6 is 0 Å². The fraction of sp³-hybridized carbons (Fsp3) is 0.400. The van der Waals surface area contributed by atoms with E-state index in [4.69, 9.17) is 5.11 Å². The Morgan fingerprint density at radius 1 is 1.07 bits per heavy atom. The lowest BCUT2D eigenvalue weighted by atomic mass is 10.0. The first kappa shape index (κ1) is 21.4. The predicted molar refractivity (Wildman–Crippen MR) is 109 cm³/mol. The highest BCUT2D eigenvalue weighted by molar-refractivity contribution is 7.89. The smallest absolute Gasteiger partial charge is 0.289 e. The molecular formula is C20H25N3O5S. The maximum atomic E-state index is 13.5. The Balaban J connectivity index is 1.96. The van der Waals surface area contributed by atoms with Crippen molar-refractivity contribution in [2.24, 2.45) is 0 Å². The van der Waals surface area contributed by atoms with E-state index in [0.29, 0.717) is 32.5 Å². The van der Waals surface area contributed by atoms with Gasteiger partial charge in [-0.05, 0) is 37.6 Å². The van der Waals surface area contributed by atoms with Gasteiger partial charge in [-0.1, -0.05) is 42.5 Å². The number of nitro benzene ring substituents is 1. The molecule has 1 aliphatic heterocycles. The molecule has 0 saturated carbocycles. The summed E-state index contributed by atoms with van der Waals surface area (Å²) in [6.45, 7) is 2.11. The van der Waals surface area contributed by atoms with Crippen LogP contribution in [0.1, 0.15) is 18.4 Å². The highest BCUT2D eigenvalue weighted by Crippen LogP contribution is 2.31. The van der Waals surface area contributed by atoms with Crippen LogP contribution in [0.25, 0.3) is 0 Å². The molecule has 29 heavy (non-hydrogen) atoms. The third kappa shape index (κ3) is 4.99. The molecule has 156 valence electrons. The molecule has 8 nitrogen and oxygen atoms in total. The number of likely N-dealkylation sites (tertiary alicyclic amines) is 1. The number of benzene rings is 2. The van der Waals surface area contributed by atoms with E-state index < -0.39 is 20.6 Å². The first-order valence-electron chi connectivity index (χ1n) is 9.56. The summed E-state index contributed by atoms with van der Waals surface area (Å²) in [5, 5.41) is 20.6. The summed E-state index contributed by atoms with van der Waals surface area (Å²) in [5.41, 5.74) is 0.413. The Bertz CT molecular complexity index is 928. The van der Waals surface area contributed by atoms with Crippen LogP contribution in [-0.2, 0) is 16.6 Å². The van der Waals surface area contributed by atoms with Gasteiger partial charge in [0.05, 0.1) is 11.5 Å². The van der Waals surface area contributed by atoms with Crippen molar-refractivity contribution < 1.29 is 18.4 Å². The zero-order valence-electron chi connectivity index (χ0n) is 16.1. The van der Waals surface area contributed by atoms with Gasteiger partial charge in [0, 0.05) is 25.2 Å². The summed E-state index contributed by atoms with van der Waals surface area (Å²) >= 11 is 0. The average molecular weight is 420 g/mol. The largest absolute Gasteiger partial charge is 0.395 e. The summed E-state index contributed by atoms with van der Waals surface area (Å²) in [7, 11) is -4.08. The maximum absolute atomic E-state index is 13.5. The van der Waals surface area contributed by atoms with Gasteiger partial charge in [0.2, 0.25) is 10.0 Å². The van der Waals surface area contributed by atoms with Crippen molar-refractivity contribution in [3.05, 3.63) is 70.3 Å². The number of β-amino-alcohol motifs (C(OH)–C–C–N with tert-alkyl or cyclic N) is 1. The van der Waals surface area contributed by atoms with Crippen molar-refractivity contribution in [2.45, 2.75) is 30.3 Å². The van der Waals surface area contributed by atoms with Gasteiger partial charge in [-0.25, -0.2) is 8.42 Å². The van der Waals surface area contributed by atoms with E-state index in [9.17, 15) is 18.5 Å². The molecule has 0 aliphatic carbocycles.